The highest BCUT2D eigenvalue weighted by Gasteiger charge is 2.30. The number of methoxy groups -OCH3 is 1. The van der Waals surface area contributed by atoms with Gasteiger partial charge in [0, 0.05) is 35.4 Å². The van der Waals surface area contributed by atoms with E-state index in [-0.39, 0.29) is 17.0 Å². The first-order valence-corrected chi connectivity index (χ1v) is 12.1. The van der Waals surface area contributed by atoms with Crippen molar-refractivity contribution in [2.24, 2.45) is 0 Å². The van der Waals surface area contributed by atoms with Gasteiger partial charge in [-0.3, -0.25) is 24.9 Å². The Kier molecular flexibility index (Phi) is 6.33. The molecule has 36 heavy (non-hydrogen) atoms. The minimum atomic E-state index is -0.372. The van der Waals surface area contributed by atoms with Gasteiger partial charge in [-0.05, 0) is 26.0 Å². The number of amides is 2. The van der Waals surface area contributed by atoms with Crippen molar-refractivity contribution < 1.29 is 14.3 Å². The summed E-state index contributed by atoms with van der Waals surface area (Å²) in [5, 5.41) is 3.59. The van der Waals surface area contributed by atoms with Crippen molar-refractivity contribution >= 4 is 39.9 Å². The maximum atomic E-state index is 13.3. The number of pyridine rings is 2. The van der Waals surface area contributed by atoms with E-state index in [1.807, 2.05) is 6.92 Å². The fraction of sp³-hybridized carbons (Fsp3) is 0.208. The molecule has 2 amide bonds. The largest absolute Gasteiger partial charge is 0.494 e. The third-order valence-electron chi connectivity index (χ3n) is 5.67. The summed E-state index contributed by atoms with van der Waals surface area (Å²) < 4.78 is 5.43. The van der Waals surface area contributed by atoms with E-state index in [1.165, 1.54) is 37.0 Å². The minimum Gasteiger partial charge on any atom is -0.494 e. The monoisotopic (exact) mass is 521 g/mol. The Morgan fingerprint density at radius 1 is 1.06 bits per heavy atom. The molecule has 0 atom stereocenters. The van der Waals surface area contributed by atoms with Gasteiger partial charge in [0.15, 0.2) is 5.13 Å². The van der Waals surface area contributed by atoms with Gasteiger partial charge >= 0.3 is 0 Å². The Morgan fingerprint density at radius 2 is 1.86 bits per heavy atom. The Hall–Kier alpha value is -3.96. The maximum absolute atomic E-state index is 13.3. The summed E-state index contributed by atoms with van der Waals surface area (Å²) >= 11 is 7.45. The standard InChI is InChI=1S/C24H20ClN7O3S/c1-12-6-14(15-7-20(25)29-9-18(15)35-3)16(8-28-12)22(33)31-24-30-17-10-32(11-19(17)36-24)23(34)21-13(2)26-4-5-27-21/h4-9H,10-11H2,1-3H3,(H,30,31,33). The predicted molar refractivity (Wildman–Crippen MR) is 134 cm³/mol. The summed E-state index contributed by atoms with van der Waals surface area (Å²) in [5.41, 5.74) is 3.96. The molecule has 182 valence electrons. The summed E-state index contributed by atoms with van der Waals surface area (Å²) in [6.45, 7) is 4.31. The number of hydrogen-bond donors (Lipinski definition) is 1. The molecule has 5 rings (SSSR count). The molecule has 1 N–H and O–H groups in total. The van der Waals surface area contributed by atoms with Crippen LogP contribution >= 0.6 is 22.9 Å². The topological polar surface area (TPSA) is 123 Å². The van der Waals surface area contributed by atoms with Crippen LogP contribution in [0.4, 0.5) is 5.13 Å². The van der Waals surface area contributed by atoms with Gasteiger partial charge in [-0.2, -0.15) is 0 Å². The van der Waals surface area contributed by atoms with Gasteiger partial charge in [-0.15, -0.1) is 0 Å². The summed E-state index contributed by atoms with van der Waals surface area (Å²) in [6, 6.07) is 3.44. The Bertz CT molecular complexity index is 1480. The molecule has 4 aromatic heterocycles. The molecule has 1 aliphatic heterocycles. The van der Waals surface area contributed by atoms with Gasteiger partial charge in [0.25, 0.3) is 11.8 Å². The number of nitrogens with zero attached hydrogens (tertiary/aromatic N) is 6. The van der Waals surface area contributed by atoms with Crippen molar-refractivity contribution in [1.82, 2.24) is 29.8 Å². The van der Waals surface area contributed by atoms with Gasteiger partial charge < -0.3 is 9.64 Å². The fourth-order valence-electron chi connectivity index (χ4n) is 3.92. The molecule has 0 saturated carbocycles. The number of anilines is 1. The highest BCUT2D eigenvalue weighted by Crippen LogP contribution is 2.35. The van der Waals surface area contributed by atoms with Gasteiger partial charge in [0.1, 0.15) is 16.6 Å². The number of carbonyl (C=O) groups is 2. The lowest BCUT2D eigenvalue weighted by Crippen LogP contribution is -2.27. The molecule has 0 spiro atoms. The van der Waals surface area contributed by atoms with Crippen LogP contribution in [-0.4, -0.2) is 48.7 Å². The zero-order valence-corrected chi connectivity index (χ0v) is 21.1. The molecule has 0 aliphatic carbocycles. The first kappa shape index (κ1) is 23.8. The summed E-state index contributed by atoms with van der Waals surface area (Å²) in [6.07, 6.45) is 6.08. The van der Waals surface area contributed by atoms with Crippen LogP contribution in [0, 0.1) is 13.8 Å². The highest BCUT2D eigenvalue weighted by atomic mass is 35.5. The third kappa shape index (κ3) is 4.50. The molecule has 0 fully saturated rings. The number of rotatable bonds is 5. The summed E-state index contributed by atoms with van der Waals surface area (Å²) in [7, 11) is 1.53. The Morgan fingerprint density at radius 3 is 2.61 bits per heavy atom. The SMILES string of the molecule is COc1cnc(Cl)cc1-c1cc(C)ncc1C(=O)Nc1nc2c(s1)CN(C(=O)c1nccnc1C)C2. The fourth-order valence-corrected chi connectivity index (χ4v) is 5.06. The van der Waals surface area contributed by atoms with Crippen molar-refractivity contribution in [3.8, 4) is 16.9 Å². The molecule has 0 unspecified atom stereocenters. The number of thiazole rings is 1. The molecular formula is C24H20ClN7O3S. The molecular weight excluding hydrogens is 502 g/mol. The smallest absolute Gasteiger partial charge is 0.275 e. The third-order valence-corrected chi connectivity index (χ3v) is 6.88. The van der Waals surface area contributed by atoms with E-state index in [9.17, 15) is 9.59 Å². The van der Waals surface area contributed by atoms with Crippen molar-refractivity contribution in [3.05, 3.63) is 75.3 Å². The van der Waals surface area contributed by atoms with Gasteiger partial charge in [0.2, 0.25) is 0 Å². The summed E-state index contributed by atoms with van der Waals surface area (Å²) in [4.78, 5) is 49.9. The lowest BCUT2D eigenvalue weighted by molar-refractivity contribution is 0.0743. The number of carbonyl (C=O) groups excluding carboxylic acids is 2. The number of halogens is 1. The second kappa shape index (κ2) is 9.59. The normalized spacial score (nSPS) is 12.4. The first-order chi connectivity index (χ1) is 17.3. The number of hydrogen-bond acceptors (Lipinski definition) is 9. The van der Waals surface area contributed by atoms with E-state index < -0.39 is 0 Å². The van der Waals surface area contributed by atoms with Crippen LogP contribution in [0.25, 0.3) is 11.1 Å². The van der Waals surface area contributed by atoms with E-state index in [0.717, 1.165) is 16.3 Å². The van der Waals surface area contributed by atoms with Crippen LogP contribution in [0.3, 0.4) is 0 Å². The first-order valence-electron chi connectivity index (χ1n) is 10.9. The number of fused-ring (bicyclic) bond motifs is 1. The Balaban J connectivity index is 1.37. The molecule has 12 heteroatoms. The van der Waals surface area contributed by atoms with Crippen LogP contribution in [-0.2, 0) is 13.1 Å². The zero-order chi connectivity index (χ0) is 25.4. The second-order valence-corrected chi connectivity index (χ2v) is 9.54. The molecule has 0 saturated heterocycles. The van der Waals surface area contributed by atoms with E-state index >= 15 is 0 Å². The van der Waals surface area contributed by atoms with Crippen LogP contribution < -0.4 is 10.1 Å². The lowest BCUT2D eigenvalue weighted by Gasteiger charge is -2.15. The predicted octanol–water partition coefficient (Wildman–Crippen LogP) is 4.08. The lowest BCUT2D eigenvalue weighted by atomic mass is 10.0. The minimum absolute atomic E-state index is 0.197. The van der Waals surface area contributed by atoms with Crippen LogP contribution in [0.1, 0.15) is 42.8 Å². The van der Waals surface area contributed by atoms with E-state index in [4.69, 9.17) is 16.3 Å². The Labute approximate surface area is 215 Å². The van der Waals surface area contributed by atoms with Gasteiger partial charge in [0.05, 0.1) is 48.2 Å². The number of aromatic nitrogens is 5. The number of nitrogens with one attached hydrogen (secondary N) is 1. The zero-order valence-electron chi connectivity index (χ0n) is 19.6. The van der Waals surface area contributed by atoms with E-state index in [0.29, 0.717) is 52.0 Å². The second-order valence-electron chi connectivity index (χ2n) is 8.07. The van der Waals surface area contributed by atoms with E-state index in [1.54, 1.807) is 30.2 Å². The van der Waals surface area contributed by atoms with E-state index in [2.05, 4.69) is 30.2 Å². The number of ether oxygens (including phenoxy) is 1. The van der Waals surface area contributed by atoms with Crippen molar-refractivity contribution in [1.29, 1.82) is 0 Å². The van der Waals surface area contributed by atoms with Gasteiger partial charge in [-0.25, -0.2) is 15.0 Å². The maximum Gasteiger partial charge on any atom is 0.275 e. The quantitative estimate of drug-likeness (QED) is 0.390. The van der Waals surface area contributed by atoms with Crippen LogP contribution in [0.15, 0.2) is 36.9 Å². The van der Waals surface area contributed by atoms with Crippen molar-refractivity contribution in [2.45, 2.75) is 26.9 Å². The van der Waals surface area contributed by atoms with Crippen molar-refractivity contribution in [3.63, 3.8) is 0 Å². The molecule has 0 aromatic carbocycles. The van der Waals surface area contributed by atoms with Crippen LogP contribution in [0.5, 0.6) is 5.75 Å². The molecule has 5 heterocycles. The molecule has 1 aliphatic rings. The van der Waals surface area contributed by atoms with Crippen LogP contribution in [0.2, 0.25) is 5.15 Å². The average Bonchev–Trinajstić information content (AvgIpc) is 3.42. The average molecular weight is 522 g/mol. The molecule has 0 radical (unpaired) electrons. The number of aryl methyl sites for hydroxylation is 2. The molecule has 10 nitrogen and oxygen atoms in total. The highest BCUT2D eigenvalue weighted by molar-refractivity contribution is 7.16. The van der Waals surface area contributed by atoms with Crippen molar-refractivity contribution in [2.75, 3.05) is 12.4 Å². The van der Waals surface area contributed by atoms with Gasteiger partial charge in [-0.1, -0.05) is 22.9 Å². The summed E-state index contributed by atoms with van der Waals surface area (Å²) in [5.74, 6) is -0.0879. The molecule has 0 bridgehead atoms. The molecule has 4 aromatic rings.